The molecule has 1 rings (SSSR count). The van der Waals surface area contributed by atoms with Crippen molar-refractivity contribution in [3.8, 4) is 5.75 Å². The molecule has 0 spiro atoms. The van der Waals surface area contributed by atoms with Gasteiger partial charge in [0.05, 0.1) is 12.1 Å². The Bertz CT molecular complexity index is 342. The first-order valence-electron chi connectivity index (χ1n) is 4.43. The van der Waals surface area contributed by atoms with E-state index in [9.17, 15) is 8.78 Å². The molecule has 0 saturated heterocycles. The Morgan fingerprint density at radius 2 is 2.13 bits per heavy atom. The highest BCUT2D eigenvalue weighted by Gasteiger charge is 2.19. The van der Waals surface area contributed by atoms with Gasteiger partial charge in [-0.05, 0) is 19.1 Å². The molecule has 3 nitrogen and oxygen atoms in total. The summed E-state index contributed by atoms with van der Waals surface area (Å²) in [6.07, 6.45) is 0. The number of halogens is 2. The van der Waals surface area contributed by atoms with Crippen LogP contribution in [0.15, 0.2) is 18.2 Å². The molecule has 1 aromatic rings. The van der Waals surface area contributed by atoms with E-state index in [1.54, 1.807) is 6.92 Å². The van der Waals surface area contributed by atoms with Gasteiger partial charge in [0.2, 0.25) is 5.82 Å². The van der Waals surface area contributed by atoms with E-state index >= 15 is 0 Å². The fourth-order valence-corrected chi connectivity index (χ4v) is 0.884. The zero-order valence-electron chi connectivity index (χ0n) is 8.34. The van der Waals surface area contributed by atoms with Crippen molar-refractivity contribution in [1.29, 1.82) is 0 Å². The van der Waals surface area contributed by atoms with E-state index in [1.165, 1.54) is 12.1 Å². The minimum Gasteiger partial charge on any atom is -0.488 e. The maximum atomic E-state index is 13.1. The second kappa shape index (κ2) is 4.55. The predicted octanol–water partition coefficient (Wildman–Crippen LogP) is 1.05. The molecule has 15 heavy (non-hydrogen) atoms. The van der Waals surface area contributed by atoms with Gasteiger partial charge in [0.25, 0.3) is 0 Å². The molecule has 0 aromatic heterocycles. The van der Waals surface area contributed by atoms with Crippen molar-refractivity contribution in [2.24, 2.45) is 5.73 Å². The van der Waals surface area contributed by atoms with E-state index in [-0.39, 0.29) is 19.0 Å². The van der Waals surface area contributed by atoms with Crippen LogP contribution in [0.2, 0.25) is 0 Å². The topological polar surface area (TPSA) is 55.5 Å². The molecule has 0 saturated carbocycles. The lowest BCUT2D eigenvalue weighted by Crippen LogP contribution is -2.46. The molecule has 1 atom stereocenters. The Morgan fingerprint density at radius 1 is 1.47 bits per heavy atom. The molecule has 0 radical (unpaired) electrons. The van der Waals surface area contributed by atoms with E-state index in [4.69, 9.17) is 15.6 Å². The van der Waals surface area contributed by atoms with Crippen molar-refractivity contribution < 1.29 is 18.6 Å². The van der Waals surface area contributed by atoms with Gasteiger partial charge in [-0.1, -0.05) is 6.07 Å². The van der Waals surface area contributed by atoms with Crippen molar-refractivity contribution in [1.82, 2.24) is 0 Å². The van der Waals surface area contributed by atoms with Gasteiger partial charge in [-0.15, -0.1) is 0 Å². The molecule has 0 fully saturated rings. The van der Waals surface area contributed by atoms with Crippen LogP contribution in [-0.4, -0.2) is 23.9 Å². The highest BCUT2D eigenvalue weighted by molar-refractivity contribution is 5.25. The second-order valence-electron chi connectivity index (χ2n) is 3.65. The van der Waals surface area contributed by atoms with Gasteiger partial charge in [-0.2, -0.15) is 4.39 Å². The standard InChI is InChI=1S/C10H13F2NO2/c1-10(13,5-14)6-15-8-4-2-3-7(11)9(8)12/h2-4,14H,5-6,13H2,1H3. The van der Waals surface area contributed by atoms with Crippen LogP contribution in [0.4, 0.5) is 8.78 Å². The first-order valence-corrected chi connectivity index (χ1v) is 4.43. The molecule has 0 aliphatic carbocycles. The molecule has 0 aliphatic heterocycles. The van der Waals surface area contributed by atoms with Crippen LogP contribution >= 0.6 is 0 Å². The number of benzene rings is 1. The highest BCUT2D eigenvalue weighted by Crippen LogP contribution is 2.19. The van der Waals surface area contributed by atoms with Crippen LogP contribution in [0.5, 0.6) is 5.75 Å². The summed E-state index contributed by atoms with van der Waals surface area (Å²) in [5, 5.41) is 8.82. The van der Waals surface area contributed by atoms with Crippen LogP contribution < -0.4 is 10.5 Å². The quantitative estimate of drug-likeness (QED) is 0.792. The fourth-order valence-electron chi connectivity index (χ4n) is 0.884. The second-order valence-corrected chi connectivity index (χ2v) is 3.65. The monoisotopic (exact) mass is 217 g/mol. The largest absolute Gasteiger partial charge is 0.488 e. The van der Waals surface area contributed by atoms with E-state index in [1.807, 2.05) is 0 Å². The lowest BCUT2D eigenvalue weighted by molar-refractivity contribution is 0.142. The van der Waals surface area contributed by atoms with Gasteiger partial charge in [0.15, 0.2) is 11.6 Å². The molecule has 0 amide bonds. The number of rotatable bonds is 4. The van der Waals surface area contributed by atoms with Gasteiger partial charge in [0, 0.05) is 0 Å². The van der Waals surface area contributed by atoms with E-state index < -0.39 is 17.2 Å². The average molecular weight is 217 g/mol. The third-order valence-corrected chi connectivity index (χ3v) is 1.83. The van der Waals surface area contributed by atoms with Crippen LogP contribution in [-0.2, 0) is 0 Å². The van der Waals surface area contributed by atoms with E-state index in [0.29, 0.717) is 0 Å². The van der Waals surface area contributed by atoms with Gasteiger partial charge >= 0.3 is 0 Å². The number of hydrogen-bond donors (Lipinski definition) is 2. The Hall–Kier alpha value is -1.20. The summed E-state index contributed by atoms with van der Waals surface area (Å²) in [5.74, 6) is -2.23. The molecular weight excluding hydrogens is 204 g/mol. The van der Waals surface area contributed by atoms with Gasteiger partial charge in [0.1, 0.15) is 6.61 Å². The summed E-state index contributed by atoms with van der Waals surface area (Å²) in [6.45, 7) is 1.15. The van der Waals surface area contributed by atoms with Crippen LogP contribution in [0.1, 0.15) is 6.92 Å². The summed E-state index contributed by atoms with van der Waals surface area (Å²) in [4.78, 5) is 0. The minimum absolute atomic E-state index is 0.0934. The smallest absolute Gasteiger partial charge is 0.200 e. The van der Waals surface area contributed by atoms with Crippen molar-refractivity contribution in [2.75, 3.05) is 13.2 Å². The average Bonchev–Trinajstić information content (AvgIpc) is 2.20. The normalized spacial score (nSPS) is 14.7. The fraction of sp³-hybridized carbons (Fsp3) is 0.400. The van der Waals surface area contributed by atoms with Gasteiger partial charge in [-0.3, -0.25) is 0 Å². The molecule has 1 unspecified atom stereocenters. The Kier molecular flexibility index (Phi) is 3.60. The molecule has 0 heterocycles. The molecule has 5 heteroatoms. The lowest BCUT2D eigenvalue weighted by Gasteiger charge is -2.21. The lowest BCUT2D eigenvalue weighted by atomic mass is 10.1. The molecular formula is C10H13F2NO2. The molecule has 0 aliphatic rings. The summed E-state index contributed by atoms with van der Waals surface area (Å²) in [6, 6.07) is 3.63. The maximum absolute atomic E-state index is 13.1. The first kappa shape index (κ1) is 11.9. The molecule has 1 aromatic carbocycles. The van der Waals surface area contributed by atoms with Crippen LogP contribution in [0.25, 0.3) is 0 Å². The van der Waals surface area contributed by atoms with Crippen LogP contribution in [0, 0.1) is 11.6 Å². The zero-order chi connectivity index (χ0) is 11.5. The number of ether oxygens (including phenoxy) is 1. The van der Waals surface area contributed by atoms with Crippen LogP contribution in [0.3, 0.4) is 0 Å². The summed E-state index contributed by atoms with van der Waals surface area (Å²) >= 11 is 0. The SMILES string of the molecule is CC(N)(CO)COc1cccc(F)c1F. The van der Waals surface area contributed by atoms with Gasteiger partial charge in [-0.25, -0.2) is 4.39 Å². The van der Waals surface area contributed by atoms with Crippen molar-refractivity contribution in [3.63, 3.8) is 0 Å². The Labute approximate surface area is 86.5 Å². The summed E-state index contributed by atoms with van der Waals surface area (Å²) in [5.41, 5.74) is 4.59. The number of nitrogens with two attached hydrogens (primary N) is 1. The van der Waals surface area contributed by atoms with Crippen molar-refractivity contribution >= 4 is 0 Å². The highest BCUT2D eigenvalue weighted by atomic mass is 19.2. The third-order valence-electron chi connectivity index (χ3n) is 1.83. The van der Waals surface area contributed by atoms with Gasteiger partial charge < -0.3 is 15.6 Å². The van der Waals surface area contributed by atoms with Crippen molar-refractivity contribution in [2.45, 2.75) is 12.5 Å². The van der Waals surface area contributed by atoms with E-state index in [2.05, 4.69) is 0 Å². The molecule has 3 N–H and O–H groups in total. The number of aliphatic hydroxyl groups excluding tert-OH is 1. The predicted molar refractivity (Wildman–Crippen MR) is 51.5 cm³/mol. The summed E-state index contributed by atoms with van der Waals surface area (Å²) in [7, 11) is 0. The first-order chi connectivity index (χ1) is 6.96. The zero-order valence-corrected chi connectivity index (χ0v) is 8.34. The molecule has 84 valence electrons. The minimum atomic E-state index is -1.05. The summed E-state index contributed by atoms with van der Waals surface area (Å²) < 4.78 is 30.8. The third kappa shape index (κ3) is 3.14. The Balaban J connectivity index is 2.70. The van der Waals surface area contributed by atoms with E-state index in [0.717, 1.165) is 6.07 Å². The maximum Gasteiger partial charge on any atom is 0.200 e. The number of hydrogen-bond acceptors (Lipinski definition) is 3. The number of aliphatic hydroxyl groups is 1. The molecule has 0 bridgehead atoms. The van der Waals surface area contributed by atoms with Crippen molar-refractivity contribution in [3.05, 3.63) is 29.8 Å². The Morgan fingerprint density at radius 3 is 2.73 bits per heavy atom.